The molecule has 2 amide bonds. The van der Waals surface area contributed by atoms with Crippen LogP contribution < -0.4 is 10.2 Å². The SMILES string of the molecule is Cc1ccc(Cl)cc1N1C(=O)c2cc3sccc3n2C[C@]1(C)C(=O)N[C@@H]1CCC[C@H](C)[C@H]1C. The molecule has 0 bridgehead atoms. The molecule has 3 aromatic rings. The Balaban J connectivity index is 1.61. The smallest absolute Gasteiger partial charge is 0.275 e. The van der Waals surface area contributed by atoms with Gasteiger partial charge in [0.15, 0.2) is 0 Å². The van der Waals surface area contributed by atoms with E-state index in [9.17, 15) is 9.59 Å². The standard InChI is InChI=1S/C26H30ClN3O2S/c1-15-6-5-7-19(17(15)3)28-25(32)26(4)14-29-20-10-11-33-23(20)13-22(29)24(31)30(26)21-12-18(27)9-8-16(21)2/h8-13,15,17,19H,5-7,14H2,1-4H3,(H,28,32)/t15-,17+,19+,26+/m0/s1. The van der Waals surface area contributed by atoms with E-state index in [1.807, 2.05) is 48.1 Å². The molecular formula is C26H30ClN3O2S. The summed E-state index contributed by atoms with van der Waals surface area (Å²) in [5, 5.41) is 5.92. The third kappa shape index (κ3) is 3.58. The normalized spacial score (nSPS) is 27.6. The van der Waals surface area contributed by atoms with E-state index >= 15 is 0 Å². The van der Waals surface area contributed by atoms with Crippen LogP contribution in [0.4, 0.5) is 5.69 Å². The van der Waals surface area contributed by atoms with Crippen LogP contribution in [0.5, 0.6) is 0 Å². The number of hydrogen-bond acceptors (Lipinski definition) is 3. The average Bonchev–Trinajstić information content (AvgIpc) is 3.36. The lowest BCUT2D eigenvalue weighted by Gasteiger charge is -2.46. The van der Waals surface area contributed by atoms with Crippen molar-refractivity contribution in [2.45, 2.75) is 65.1 Å². The Bertz CT molecular complexity index is 1250. The van der Waals surface area contributed by atoms with Crippen molar-refractivity contribution in [3.05, 3.63) is 52.0 Å². The number of aryl methyl sites for hydroxylation is 1. The number of anilines is 1. The number of fused-ring (bicyclic) bond motifs is 3. The fourth-order valence-corrected chi connectivity index (χ4v) is 6.51. The van der Waals surface area contributed by atoms with Crippen molar-refractivity contribution < 1.29 is 9.59 Å². The fraction of sp³-hybridized carbons (Fsp3) is 0.462. The quantitative estimate of drug-likeness (QED) is 0.494. The lowest BCUT2D eigenvalue weighted by atomic mass is 9.77. The zero-order chi connectivity index (χ0) is 23.5. The summed E-state index contributed by atoms with van der Waals surface area (Å²) < 4.78 is 3.07. The zero-order valence-corrected chi connectivity index (χ0v) is 21.1. The van der Waals surface area contributed by atoms with E-state index in [1.54, 1.807) is 22.3 Å². The molecule has 5 rings (SSSR count). The number of carbonyl (C=O) groups is 2. The minimum atomic E-state index is -1.09. The minimum absolute atomic E-state index is 0.107. The molecule has 33 heavy (non-hydrogen) atoms. The molecule has 0 unspecified atom stereocenters. The summed E-state index contributed by atoms with van der Waals surface area (Å²) in [6, 6.07) is 9.60. The highest BCUT2D eigenvalue weighted by atomic mass is 35.5. The van der Waals surface area contributed by atoms with E-state index in [2.05, 4.69) is 19.2 Å². The first-order valence-electron chi connectivity index (χ1n) is 11.7. The molecule has 0 spiro atoms. The number of nitrogens with one attached hydrogen (secondary N) is 1. The molecule has 0 radical (unpaired) electrons. The van der Waals surface area contributed by atoms with Crippen LogP contribution in [-0.4, -0.2) is 28.0 Å². The number of rotatable bonds is 3. The average molecular weight is 484 g/mol. The lowest BCUT2D eigenvalue weighted by molar-refractivity contribution is -0.128. The van der Waals surface area contributed by atoms with Gasteiger partial charge in [0.25, 0.3) is 5.91 Å². The van der Waals surface area contributed by atoms with Gasteiger partial charge in [-0.15, -0.1) is 11.3 Å². The molecule has 3 heterocycles. The van der Waals surface area contributed by atoms with Gasteiger partial charge < -0.3 is 9.88 Å². The molecular weight excluding hydrogens is 454 g/mol. The fourth-order valence-electron chi connectivity index (χ4n) is 5.52. The highest BCUT2D eigenvalue weighted by Gasteiger charge is 2.50. The lowest BCUT2D eigenvalue weighted by Crippen LogP contribution is -2.66. The van der Waals surface area contributed by atoms with Gasteiger partial charge in [0, 0.05) is 16.8 Å². The van der Waals surface area contributed by atoms with Crippen LogP contribution in [0.25, 0.3) is 10.2 Å². The van der Waals surface area contributed by atoms with Crippen molar-refractivity contribution in [1.82, 2.24) is 9.88 Å². The Kier molecular flexibility index (Phi) is 5.57. The van der Waals surface area contributed by atoms with Crippen LogP contribution in [0.1, 0.15) is 56.1 Å². The van der Waals surface area contributed by atoms with E-state index in [0.29, 0.717) is 34.8 Å². The zero-order valence-electron chi connectivity index (χ0n) is 19.5. The van der Waals surface area contributed by atoms with Gasteiger partial charge in [-0.05, 0) is 67.3 Å². The van der Waals surface area contributed by atoms with Gasteiger partial charge >= 0.3 is 0 Å². The van der Waals surface area contributed by atoms with Crippen molar-refractivity contribution in [2.75, 3.05) is 4.90 Å². The Morgan fingerprint density at radius 1 is 1.21 bits per heavy atom. The summed E-state index contributed by atoms with van der Waals surface area (Å²) >= 11 is 7.96. The molecule has 4 atom stereocenters. The monoisotopic (exact) mass is 483 g/mol. The highest BCUT2D eigenvalue weighted by molar-refractivity contribution is 7.17. The summed E-state index contributed by atoms with van der Waals surface area (Å²) in [6.45, 7) is 8.71. The van der Waals surface area contributed by atoms with E-state index in [1.165, 1.54) is 6.42 Å². The largest absolute Gasteiger partial charge is 0.351 e. The number of carbonyl (C=O) groups excluding carboxylic acids is 2. The van der Waals surface area contributed by atoms with Crippen molar-refractivity contribution in [2.24, 2.45) is 11.8 Å². The van der Waals surface area contributed by atoms with Gasteiger partial charge in [-0.2, -0.15) is 0 Å². The molecule has 2 aliphatic rings. The molecule has 1 N–H and O–H groups in total. The van der Waals surface area contributed by atoms with Crippen molar-refractivity contribution in [3.63, 3.8) is 0 Å². The van der Waals surface area contributed by atoms with Crippen LogP contribution in [0.15, 0.2) is 35.7 Å². The van der Waals surface area contributed by atoms with Gasteiger partial charge in [0.05, 0.1) is 16.8 Å². The van der Waals surface area contributed by atoms with Crippen molar-refractivity contribution >= 4 is 50.7 Å². The number of nitrogens with zero attached hydrogens (tertiary/aromatic N) is 2. The summed E-state index contributed by atoms with van der Waals surface area (Å²) in [5.41, 5.74) is 2.12. The minimum Gasteiger partial charge on any atom is -0.351 e. The van der Waals surface area contributed by atoms with Crippen LogP contribution in [-0.2, 0) is 11.3 Å². The Morgan fingerprint density at radius 3 is 2.79 bits per heavy atom. The Labute approximate surface area is 203 Å². The van der Waals surface area contributed by atoms with Gasteiger partial charge in [-0.3, -0.25) is 14.5 Å². The van der Waals surface area contributed by atoms with E-state index < -0.39 is 5.54 Å². The Hall–Kier alpha value is -2.31. The molecule has 7 heteroatoms. The highest BCUT2D eigenvalue weighted by Crippen LogP contribution is 2.39. The molecule has 0 saturated heterocycles. The molecule has 174 valence electrons. The van der Waals surface area contributed by atoms with Crippen molar-refractivity contribution in [1.29, 1.82) is 0 Å². The summed E-state index contributed by atoms with van der Waals surface area (Å²) in [5.74, 6) is 0.692. The van der Waals surface area contributed by atoms with Crippen molar-refractivity contribution in [3.8, 4) is 0 Å². The number of halogens is 1. The third-order valence-electron chi connectivity index (χ3n) is 7.83. The summed E-state index contributed by atoms with van der Waals surface area (Å²) in [4.78, 5) is 29.7. The predicted molar refractivity (Wildman–Crippen MR) is 135 cm³/mol. The number of aromatic nitrogens is 1. The number of hydrogen-bond donors (Lipinski definition) is 1. The maximum atomic E-state index is 14.0. The van der Waals surface area contributed by atoms with E-state index in [4.69, 9.17) is 11.6 Å². The van der Waals surface area contributed by atoms with E-state index in [-0.39, 0.29) is 17.9 Å². The van der Waals surface area contributed by atoms with Gasteiger partial charge in [0.1, 0.15) is 11.2 Å². The van der Waals surface area contributed by atoms with Crippen LogP contribution >= 0.6 is 22.9 Å². The number of amides is 2. The van der Waals surface area contributed by atoms with Crippen LogP contribution in [0.2, 0.25) is 5.02 Å². The molecule has 5 nitrogen and oxygen atoms in total. The second-order valence-corrected chi connectivity index (χ2v) is 11.4. The first-order valence-corrected chi connectivity index (χ1v) is 12.9. The topological polar surface area (TPSA) is 54.3 Å². The second-order valence-electron chi connectivity index (χ2n) is 9.98. The molecule has 1 saturated carbocycles. The van der Waals surface area contributed by atoms with Gasteiger partial charge in [-0.1, -0.05) is 44.4 Å². The number of benzene rings is 1. The predicted octanol–water partition coefficient (Wildman–Crippen LogP) is 6.02. The second kappa shape index (κ2) is 8.17. The molecule has 1 aliphatic heterocycles. The maximum absolute atomic E-state index is 14.0. The van der Waals surface area contributed by atoms with Gasteiger partial charge in [-0.25, -0.2) is 0 Å². The summed E-state index contributed by atoms with van der Waals surface area (Å²) in [6.07, 6.45) is 3.28. The van der Waals surface area contributed by atoms with Gasteiger partial charge in [0.2, 0.25) is 5.91 Å². The first kappa shape index (κ1) is 22.5. The van der Waals surface area contributed by atoms with Crippen LogP contribution in [0.3, 0.4) is 0 Å². The third-order valence-corrected chi connectivity index (χ3v) is 8.92. The Morgan fingerprint density at radius 2 is 2.00 bits per heavy atom. The van der Waals surface area contributed by atoms with Crippen LogP contribution in [0, 0.1) is 18.8 Å². The first-order chi connectivity index (χ1) is 15.7. The summed E-state index contributed by atoms with van der Waals surface area (Å²) in [7, 11) is 0. The molecule has 1 fully saturated rings. The molecule has 1 aromatic carbocycles. The maximum Gasteiger partial charge on any atom is 0.275 e. The number of thiophene rings is 1. The molecule has 2 aromatic heterocycles. The molecule has 1 aliphatic carbocycles. The van der Waals surface area contributed by atoms with E-state index in [0.717, 1.165) is 28.6 Å².